The van der Waals surface area contributed by atoms with Gasteiger partial charge < -0.3 is 4.74 Å². The summed E-state index contributed by atoms with van der Waals surface area (Å²) in [6, 6.07) is 10.0. The summed E-state index contributed by atoms with van der Waals surface area (Å²) in [5.74, 6) is -0.232. The molecule has 0 spiro atoms. The second-order valence-corrected chi connectivity index (χ2v) is 3.49. The van der Waals surface area contributed by atoms with Crippen LogP contribution in [0.2, 0.25) is 0 Å². The maximum Gasteiger partial charge on any atom is 0.165 e. The van der Waals surface area contributed by atoms with Gasteiger partial charge in [0.1, 0.15) is 11.6 Å². The number of ether oxygens (including phenoxy) is 1. The van der Waals surface area contributed by atoms with E-state index in [0.717, 1.165) is 5.56 Å². The molecule has 0 aromatic heterocycles. The van der Waals surface area contributed by atoms with Crippen LogP contribution in [0.1, 0.15) is 5.56 Å². The molecule has 16 heavy (non-hydrogen) atoms. The SMILES string of the molecule is Cc1ccc(F)c(Oc2ccc(F)cc2)c1. The summed E-state index contributed by atoms with van der Waals surface area (Å²) in [4.78, 5) is 0. The van der Waals surface area contributed by atoms with Gasteiger partial charge in [0.25, 0.3) is 0 Å². The van der Waals surface area contributed by atoms with Gasteiger partial charge >= 0.3 is 0 Å². The molecule has 0 atom stereocenters. The fourth-order valence-corrected chi connectivity index (χ4v) is 1.32. The fraction of sp³-hybridized carbons (Fsp3) is 0.0769. The van der Waals surface area contributed by atoms with Crippen LogP contribution in [0.5, 0.6) is 11.5 Å². The van der Waals surface area contributed by atoms with Crippen molar-refractivity contribution >= 4 is 0 Å². The van der Waals surface area contributed by atoms with Gasteiger partial charge in [0, 0.05) is 0 Å². The average Bonchev–Trinajstić information content (AvgIpc) is 2.27. The Hall–Kier alpha value is -1.90. The minimum absolute atomic E-state index is 0.145. The molecule has 3 heteroatoms. The molecule has 2 rings (SSSR count). The molecule has 0 amide bonds. The summed E-state index contributed by atoms with van der Waals surface area (Å²) in [7, 11) is 0. The number of benzene rings is 2. The number of halogens is 2. The molecule has 2 aromatic carbocycles. The van der Waals surface area contributed by atoms with Crippen molar-refractivity contribution in [2.75, 3.05) is 0 Å². The van der Waals surface area contributed by atoms with Crippen molar-refractivity contribution < 1.29 is 13.5 Å². The normalized spacial score (nSPS) is 10.2. The first-order chi connectivity index (χ1) is 7.65. The summed E-state index contributed by atoms with van der Waals surface area (Å²) < 4.78 is 31.3. The van der Waals surface area contributed by atoms with Crippen molar-refractivity contribution in [3.8, 4) is 11.5 Å². The molecular formula is C13H10F2O. The molecule has 0 aliphatic heterocycles. The van der Waals surface area contributed by atoms with E-state index in [1.54, 1.807) is 12.1 Å². The van der Waals surface area contributed by atoms with Crippen LogP contribution in [0, 0.1) is 18.6 Å². The lowest BCUT2D eigenvalue weighted by Gasteiger charge is -2.07. The lowest BCUT2D eigenvalue weighted by molar-refractivity contribution is 0.440. The molecule has 82 valence electrons. The van der Waals surface area contributed by atoms with Crippen molar-refractivity contribution in [3.05, 3.63) is 59.7 Å². The first-order valence-electron chi connectivity index (χ1n) is 4.85. The van der Waals surface area contributed by atoms with E-state index in [0.29, 0.717) is 5.75 Å². The third-order valence-corrected chi connectivity index (χ3v) is 2.13. The van der Waals surface area contributed by atoms with Gasteiger partial charge in [-0.15, -0.1) is 0 Å². The lowest BCUT2D eigenvalue weighted by atomic mass is 10.2. The van der Waals surface area contributed by atoms with Crippen molar-refractivity contribution in [1.82, 2.24) is 0 Å². The van der Waals surface area contributed by atoms with Gasteiger partial charge in [0.2, 0.25) is 0 Å². The highest BCUT2D eigenvalue weighted by atomic mass is 19.1. The smallest absolute Gasteiger partial charge is 0.165 e. The van der Waals surface area contributed by atoms with E-state index in [1.165, 1.54) is 30.3 Å². The number of hydrogen-bond acceptors (Lipinski definition) is 1. The van der Waals surface area contributed by atoms with E-state index < -0.39 is 5.82 Å². The molecule has 0 bridgehead atoms. The standard InChI is InChI=1S/C13H10F2O/c1-9-2-7-12(15)13(8-9)16-11-5-3-10(14)4-6-11/h2-8H,1H3. The van der Waals surface area contributed by atoms with Gasteiger partial charge in [-0.3, -0.25) is 0 Å². The third kappa shape index (κ3) is 2.37. The Balaban J connectivity index is 2.26. The molecule has 1 nitrogen and oxygen atoms in total. The molecule has 0 aliphatic carbocycles. The molecular weight excluding hydrogens is 210 g/mol. The van der Waals surface area contributed by atoms with Crippen LogP contribution in [0.15, 0.2) is 42.5 Å². The van der Waals surface area contributed by atoms with Crippen molar-refractivity contribution in [3.63, 3.8) is 0 Å². The molecule has 0 radical (unpaired) electrons. The van der Waals surface area contributed by atoms with E-state index in [9.17, 15) is 8.78 Å². The summed E-state index contributed by atoms with van der Waals surface area (Å²) in [6.45, 7) is 1.84. The monoisotopic (exact) mass is 220 g/mol. The topological polar surface area (TPSA) is 9.23 Å². The fourth-order valence-electron chi connectivity index (χ4n) is 1.32. The molecule has 0 saturated carbocycles. The van der Waals surface area contributed by atoms with Crippen molar-refractivity contribution in [2.24, 2.45) is 0 Å². The second kappa shape index (κ2) is 4.31. The van der Waals surface area contributed by atoms with Crippen LogP contribution in [0.3, 0.4) is 0 Å². The zero-order chi connectivity index (χ0) is 11.5. The number of aryl methyl sites for hydroxylation is 1. The maximum absolute atomic E-state index is 13.3. The predicted molar refractivity (Wildman–Crippen MR) is 57.6 cm³/mol. The molecule has 0 heterocycles. The summed E-state index contributed by atoms with van der Waals surface area (Å²) >= 11 is 0. The Kier molecular flexibility index (Phi) is 2.86. The Morgan fingerprint density at radius 3 is 2.31 bits per heavy atom. The van der Waals surface area contributed by atoms with Gasteiger partial charge in [0.05, 0.1) is 0 Å². The van der Waals surface area contributed by atoms with Crippen LogP contribution in [0.25, 0.3) is 0 Å². The van der Waals surface area contributed by atoms with Crippen LogP contribution in [-0.2, 0) is 0 Å². The molecule has 0 fully saturated rings. The van der Waals surface area contributed by atoms with E-state index in [-0.39, 0.29) is 11.6 Å². The van der Waals surface area contributed by atoms with Gasteiger partial charge in [0.15, 0.2) is 11.6 Å². The molecule has 0 unspecified atom stereocenters. The Morgan fingerprint density at radius 1 is 0.938 bits per heavy atom. The maximum atomic E-state index is 13.3. The predicted octanol–water partition coefficient (Wildman–Crippen LogP) is 4.07. The largest absolute Gasteiger partial charge is 0.454 e. The summed E-state index contributed by atoms with van der Waals surface area (Å²) in [6.07, 6.45) is 0. The van der Waals surface area contributed by atoms with E-state index in [4.69, 9.17) is 4.74 Å². The van der Waals surface area contributed by atoms with Gasteiger partial charge in [-0.1, -0.05) is 6.07 Å². The highest BCUT2D eigenvalue weighted by Crippen LogP contribution is 2.25. The summed E-state index contributed by atoms with van der Waals surface area (Å²) in [5.41, 5.74) is 0.901. The van der Waals surface area contributed by atoms with Gasteiger partial charge in [-0.05, 0) is 48.9 Å². The van der Waals surface area contributed by atoms with Gasteiger partial charge in [-0.25, -0.2) is 8.78 Å². The van der Waals surface area contributed by atoms with E-state index >= 15 is 0 Å². The first-order valence-corrected chi connectivity index (χ1v) is 4.85. The zero-order valence-electron chi connectivity index (χ0n) is 8.71. The average molecular weight is 220 g/mol. The first kappa shape index (κ1) is 10.6. The minimum atomic E-state index is -0.435. The third-order valence-electron chi connectivity index (χ3n) is 2.13. The molecule has 0 N–H and O–H groups in total. The molecule has 2 aromatic rings. The van der Waals surface area contributed by atoms with Crippen LogP contribution < -0.4 is 4.74 Å². The highest BCUT2D eigenvalue weighted by molar-refractivity contribution is 5.34. The number of rotatable bonds is 2. The Bertz CT molecular complexity index is 492. The lowest BCUT2D eigenvalue weighted by Crippen LogP contribution is -1.89. The highest BCUT2D eigenvalue weighted by Gasteiger charge is 2.04. The zero-order valence-corrected chi connectivity index (χ0v) is 8.71. The minimum Gasteiger partial charge on any atom is -0.454 e. The van der Waals surface area contributed by atoms with Crippen LogP contribution in [0.4, 0.5) is 8.78 Å². The van der Waals surface area contributed by atoms with Crippen molar-refractivity contribution in [1.29, 1.82) is 0 Å². The molecule has 0 aliphatic rings. The Morgan fingerprint density at radius 2 is 1.62 bits per heavy atom. The summed E-state index contributed by atoms with van der Waals surface area (Å²) in [5, 5.41) is 0. The second-order valence-electron chi connectivity index (χ2n) is 3.49. The van der Waals surface area contributed by atoms with Crippen LogP contribution >= 0.6 is 0 Å². The Labute approximate surface area is 92.3 Å². The quantitative estimate of drug-likeness (QED) is 0.741. The molecule has 0 saturated heterocycles. The number of hydrogen-bond donors (Lipinski definition) is 0. The van der Waals surface area contributed by atoms with E-state index in [1.807, 2.05) is 6.92 Å². The van der Waals surface area contributed by atoms with Crippen LogP contribution in [-0.4, -0.2) is 0 Å². The van der Waals surface area contributed by atoms with Crippen molar-refractivity contribution in [2.45, 2.75) is 6.92 Å². The van der Waals surface area contributed by atoms with Gasteiger partial charge in [-0.2, -0.15) is 0 Å². The van der Waals surface area contributed by atoms with E-state index in [2.05, 4.69) is 0 Å².